The molecule has 0 fully saturated rings. The molecule has 2 rings (SSSR count). The van der Waals surface area contributed by atoms with Gasteiger partial charge in [0, 0.05) is 39.4 Å². The third kappa shape index (κ3) is 4.68. The highest BCUT2D eigenvalue weighted by Gasteiger charge is 2.16. The van der Waals surface area contributed by atoms with Crippen LogP contribution in [0.25, 0.3) is 0 Å². The van der Waals surface area contributed by atoms with Crippen LogP contribution in [-0.4, -0.2) is 40.8 Å². The molecule has 0 aliphatic carbocycles. The summed E-state index contributed by atoms with van der Waals surface area (Å²) in [6.45, 7) is 5.82. The molecule has 0 N–H and O–H groups in total. The topological polar surface area (TPSA) is 47.4 Å². The van der Waals surface area contributed by atoms with E-state index in [1.54, 1.807) is 7.11 Å². The number of hydrogen-bond acceptors (Lipinski definition) is 3. The quantitative estimate of drug-likeness (QED) is 0.748. The first-order chi connectivity index (χ1) is 11.5. The maximum Gasteiger partial charge on any atom is 0.223 e. The molecule has 1 heterocycles. The Bertz CT molecular complexity index is 665. The highest BCUT2D eigenvalue weighted by atomic mass is 16.5. The summed E-state index contributed by atoms with van der Waals surface area (Å²) in [6, 6.07) is 10.1. The van der Waals surface area contributed by atoms with Gasteiger partial charge in [0.25, 0.3) is 0 Å². The first-order valence-corrected chi connectivity index (χ1v) is 8.32. The van der Waals surface area contributed by atoms with E-state index < -0.39 is 0 Å². The fourth-order valence-corrected chi connectivity index (χ4v) is 2.87. The largest absolute Gasteiger partial charge is 0.383 e. The molecule has 0 radical (unpaired) electrons. The van der Waals surface area contributed by atoms with Gasteiger partial charge in [-0.05, 0) is 31.4 Å². The molecule has 0 saturated heterocycles. The van der Waals surface area contributed by atoms with Gasteiger partial charge in [0.05, 0.1) is 12.3 Å². The summed E-state index contributed by atoms with van der Waals surface area (Å²) in [5, 5.41) is 4.42. The number of hydrogen-bond donors (Lipinski definition) is 0. The molecule has 5 nitrogen and oxygen atoms in total. The second-order valence-corrected chi connectivity index (χ2v) is 6.07. The molecule has 5 heteroatoms. The summed E-state index contributed by atoms with van der Waals surface area (Å²) >= 11 is 0. The molecule has 0 aliphatic rings. The van der Waals surface area contributed by atoms with Crippen LogP contribution in [0.4, 0.5) is 0 Å². The molecule has 130 valence electrons. The summed E-state index contributed by atoms with van der Waals surface area (Å²) in [5.74, 6) is 0.151. The Balaban J connectivity index is 2.01. The van der Waals surface area contributed by atoms with E-state index in [0.717, 1.165) is 23.4 Å². The third-order valence-electron chi connectivity index (χ3n) is 4.38. The van der Waals surface area contributed by atoms with Crippen molar-refractivity contribution >= 4 is 5.91 Å². The molecule has 0 bridgehead atoms. The van der Waals surface area contributed by atoms with Gasteiger partial charge >= 0.3 is 0 Å². The molecular weight excluding hydrogens is 302 g/mol. The van der Waals surface area contributed by atoms with Crippen LogP contribution in [-0.2, 0) is 29.5 Å². The Labute approximate surface area is 144 Å². The van der Waals surface area contributed by atoms with Crippen LogP contribution in [0.15, 0.2) is 30.3 Å². The summed E-state index contributed by atoms with van der Waals surface area (Å²) in [7, 11) is 3.60. The molecule has 0 atom stereocenters. The fraction of sp³-hybridized carbons (Fsp3) is 0.474. The minimum absolute atomic E-state index is 0.151. The number of amides is 1. The van der Waals surface area contributed by atoms with Crippen LogP contribution >= 0.6 is 0 Å². The number of methoxy groups -OCH3 is 1. The lowest BCUT2D eigenvalue weighted by atomic mass is 10.1. The summed E-state index contributed by atoms with van der Waals surface area (Å²) in [4.78, 5) is 14.6. The number of aryl methyl sites for hydroxylation is 2. The zero-order valence-corrected chi connectivity index (χ0v) is 15.1. The highest BCUT2D eigenvalue weighted by molar-refractivity contribution is 5.76. The molecule has 0 saturated carbocycles. The zero-order valence-electron chi connectivity index (χ0n) is 15.1. The van der Waals surface area contributed by atoms with Gasteiger partial charge < -0.3 is 9.64 Å². The number of ether oxygens (including phenoxy) is 1. The van der Waals surface area contributed by atoms with E-state index in [2.05, 4.69) is 5.10 Å². The van der Waals surface area contributed by atoms with Gasteiger partial charge in [-0.3, -0.25) is 9.48 Å². The Morgan fingerprint density at radius 2 is 1.96 bits per heavy atom. The van der Waals surface area contributed by atoms with Crippen molar-refractivity contribution in [1.82, 2.24) is 14.7 Å². The van der Waals surface area contributed by atoms with Crippen LogP contribution in [0, 0.1) is 13.8 Å². The monoisotopic (exact) mass is 329 g/mol. The maximum absolute atomic E-state index is 12.7. The molecule has 1 aromatic carbocycles. The standard InChI is InChI=1S/C19H27N3O2/c1-15-18(16(2)21(3)20-15)10-11-19(23)22(12-13-24-4)14-17-8-6-5-7-9-17/h5-9H,10-14H2,1-4H3. The zero-order chi connectivity index (χ0) is 17.5. The number of carbonyl (C=O) groups excluding carboxylic acids is 1. The summed E-state index contributed by atoms with van der Waals surface area (Å²) < 4.78 is 7.03. The van der Waals surface area contributed by atoms with E-state index in [1.807, 2.05) is 60.8 Å². The SMILES string of the molecule is COCCN(Cc1ccccc1)C(=O)CCc1c(C)nn(C)c1C. The Kier molecular flexibility index (Phi) is 6.55. The van der Waals surface area contributed by atoms with Crippen LogP contribution in [0.2, 0.25) is 0 Å². The lowest BCUT2D eigenvalue weighted by Gasteiger charge is -2.22. The van der Waals surface area contributed by atoms with Crippen molar-refractivity contribution in [3.8, 4) is 0 Å². The van der Waals surface area contributed by atoms with E-state index in [0.29, 0.717) is 26.1 Å². The van der Waals surface area contributed by atoms with Crippen molar-refractivity contribution in [2.75, 3.05) is 20.3 Å². The summed E-state index contributed by atoms with van der Waals surface area (Å²) in [6.07, 6.45) is 1.21. The predicted octanol–water partition coefficient (Wildman–Crippen LogP) is 2.64. The second kappa shape index (κ2) is 8.64. The molecule has 2 aromatic rings. The van der Waals surface area contributed by atoms with Crippen LogP contribution < -0.4 is 0 Å². The van der Waals surface area contributed by atoms with Gasteiger partial charge in [-0.25, -0.2) is 0 Å². The van der Waals surface area contributed by atoms with Crippen molar-refractivity contribution in [1.29, 1.82) is 0 Å². The molecule has 1 aromatic heterocycles. The predicted molar refractivity (Wildman–Crippen MR) is 94.7 cm³/mol. The van der Waals surface area contributed by atoms with E-state index in [4.69, 9.17) is 4.74 Å². The number of nitrogens with zero attached hydrogens (tertiary/aromatic N) is 3. The number of carbonyl (C=O) groups is 1. The van der Waals surface area contributed by atoms with Gasteiger partial charge in [0.1, 0.15) is 0 Å². The smallest absolute Gasteiger partial charge is 0.223 e. The van der Waals surface area contributed by atoms with Gasteiger partial charge in [-0.2, -0.15) is 5.10 Å². The number of aromatic nitrogens is 2. The minimum atomic E-state index is 0.151. The van der Waals surface area contributed by atoms with Gasteiger partial charge in [0.15, 0.2) is 0 Å². The van der Waals surface area contributed by atoms with Gasteiger partial charge in [-0.1, -0.05) is 30.3 Å². The Hall–Kier alpha value is -2.14. The van der Waals surface area contributed by atoms with Crippen molar-refractivity contribution < 1.29 is 9.53 Å². The molecule has 0 aliphatic heterocycles. The van der Waals surface area contributed by atoms with Gasteiger partial charge in [0.2, 0.25) is 5.91 Å². The van der Waals surface area contributed by atoms with Crippen molar-refractivity contribution in [3.05, 3.63) is 52.8 Å². The molecule has 0 spiro atoms. The first-order valence-electron chi connectivity index (χ1n) is 8.32. The fourth-order valence-electron chi connectivity index (χ4n) is 2.87. The van der Waals surface area contributed by atoms with E-state index in [-0.39, 0.29) is 5.91 Å². The molecule has 0 unspecified atom stereocenters. The van der Waals surface area contributed by atoms with E-state index in [1.165, 1.54) is 5.56 Å². The first kappa shape index (κ1) is 18.2. The van der Waals surface area contributed by atoms with Crippen molar-refractivity contribution in [2.45, 2.75) is 33.2 Å². The second-order valence-electron chi connectivity index (χ2n) is 6.07. The van der Waals surface area contributed by atoms with Crippen molar-refractivity contribution in [2.24, 2.45) is 7.05 Å². The van der Waals surface area contributed by atoms with Gasteiger partial charge in [-0.15, -0.1) is 0 Å². The maximum atomic E-state index is 12.7. The Morgan fingerprint density at radius 1 is 1.25 bits per heavy atom. The third-order valence-corrected chi connectivity index (χ3v) is 4.38. The Morgan fingerprint density at radius 3 is 2.54 bits per heavy atom. The minimum Gasteiger partial charge on any atom is -0.383 e. The normalized spacial score (nSPS) is 10.8. The number of benzene rings is 1. The lowest BCUT2D eigenvalue weighted by molar-refractivity contribution is -0.132. The van der Waals surface area contributed by atoms with Crippen LogP contribution in [0.3, 0.4) is 0 Å². The average Bonchev–Trinajstić information content (AvgIpc) is 2.82. The van der Waals surface area contributed by atoms with Crippen LogP contribution in [0.5, 0.6) is 0 Å². The van der Waals surface area contributed by atoms with E-state index in [9.17, 15) is 4.79 Å². The highest BCUT2D eigenvalue weighted by Crippen LogP contribution is 2.15. The number of rotatable bonds is 8. The summed E-state index contributed by atoms with van der Waals surface area (Å²) in [5.41, 5.74) is 4.45. The molecule has 1 amide bonds. The van der Waals surface area contributed by atoms with Crippen LogP contribution in [0.1, 0.15) is 28.9 Å². The van der Waals surface area contributed by atoms with Crippen molar-refractivity contribution in [3.63, 3.8) is 0 Å². The van der Waals surface area contributed by atoms with E-state index >= 15 is 0 Å². The lowest BCUT2D eigenvalue weighted by Crippen LogP contribution is -2.33. The molecule has 24 heavy (non-hydrogen) atoms. The average molecular weight is 329 g/mol. The molecular formula is C19H27N3O2.